The molecule has 3 rings (SSSR count). The normalized spacial score (nSPS) is 10.5. The third-order valence-electron chi connectivity index (χ3n) is 4.78. The van der Waals surface area contributed by atoms with E-state index in [0.29, 0.717) is 18.7 Å². The number of nitrogens with one attached hydrogen (secondary N) is 1. The Morgan fingerprint density at radius 2 is 1.56 bits per heavy atom. The highest BCUT2D eigenvalue weighted by atomic mass is 16.5. The molecule has 178 valence electrons. The molecule has 3 N–H and O–H groups in total. The molecule has 0 amide bonds. The van der Waals surface area contributed by atoms with Gasteiger partial charge in [-0.2, -0.15) is 4.98 Å². The molecular formula is C25H27N3O6. The largest absolute Gasteiger partial charge is 0.494 e. The Morgan fingerprint density at radius 3 is 2.26 bits per heavy atom. The van der Waals surface area contributed by atoms with Gasteiger partial charge in [-0.25, -0.2) is 9.78 Å². The number of rotatable bonds is 14. The molecular weight excluding hydrogens is 438 g/mol. The van der Waals surface area contributed by atoms with E-state index >= 15 is 0 Å². The molecule has 0 saturated carbocycles. The van der Waals surface area contributed by atoms with E-state index in [1.54, 1.807) is 6.07 Å². The maximum atomic E-state index is 10.9. The zero-order valence-electron chi connectivity index (χ0n) is 18.6. The van der Waals surface area contributed by atoms with Gasteiger partial charge in [-0.3, -0.25) is 4.79 Å². The molecule has 34 heavy (non-hydrogen) atoms. The summed E-state index contributed by atoms with van der Waals surface area (Å²) in [6.07, 6.45) is 3.55. The number of ether oxygens (including phenoxy) is 2. The van der Waals surface area contributed by atoms with Gasteiger partial charge in [0.15, 0.2) is 6.61 Å². The molecule has 0 radical (unpaired) electrons. The van der Waals surface area contributed by atoms with E-state index < -0.39 is 18.5 Å². The number of nitrogens with zero attached hydrogens (tertiary/aromatic N) is 2. The third-order valence-corrected chi connectivity index (χ3v) is 4.78. The highest BCUT2D eigenvalue weighted by Crippen LogP contribution is 2.25. The first kappa shape index (κ1) is 24.5. The van der Waals surface area contributed by atoms with Crippen molar-refractivity contribution < 1.29 is 29.3 Å². The summed E-state index contributed by atoms with van der Waals surface area (Å²) < 4.78 is 11.0. The Labute approximate surface area is 197 Å². The molecule has 0 bridgehead atoms. The predicted octanol–water partition coefficient (Wildman–Crippen LogP) is 4.76. The van der Waals surface area contributed by atoms with Crippen LogP contribution in [0, 0.1) is 0 Å². The van der Waals surface area contributed by atoms with Gasteiger partial charge >= 0.3 is 11.9 Å². The molecule has 3 aromatic rings. The fourth-order valence-corrected chi connectivity index (χ4v) is 3.13. The molecule has 0 unspecified atom stereocenters. The summed E-state index contributed by atoms with van der Waals surface area (Å²) in [5.74, 6) is -0.698. The number of aromatic nitrogens is 2. The van der Waals surface area contributed by atoms with Crippen molar-refractivity contribution >= 4 is 23.6 Å². The molecule has 1 heterocycles. The Kier molecular flexibility index (Phi) is 9.21. The van der Waals surface area contributed by atoms with Gasteiger partial charge in [0, 0.05) is 23.7 Å². The predicted molar refractivity (Wildman–Crippen MR) is 127 cm³/mol. The highest BCUT2D eigenvalue weighted by Gasteiger charge is 2.10. The van der Waals surface area contributed by atoms with Crippen LogP contribution in [-0.2, 0) is 9.59 Å². The van der Waals surface area contributed by atoms with E-state index in [9.17, 15) is 9.59 Å². The summed E-state index contributed by atoms with van der Waals surface area (Å²) in [5.41, 5.74) is 2.18. The summed E-state index contributed by atoms with van der Waals surface area (Å²) in [4.78, 5) is 30.2. The van der Waals surface area contributed by atoms with Gasteiger partial charge in [0.05, 0.1) is 12.3 Å². The number of benzene rings is 2. The molecule has 0 aliphatic heterocycles. The number of hydrogen-bond acceptors (Lipinski definition) is 7. The minimum absolute atomic E-state index is 0.155. The number of carboxylic acid groups (broad SMARTS) is 2. The molecule has 0 spiro atoms. The van der Waals surface area contributed by atoms with Gasteiger partial charge in [0.2, 0.25) is 11.8 Å². The Balaban J connectivity index is 1.59. The van der Waals surface area contributed by atoms with Crippen molar-refractivity contribution in [2.24, 2.45) is 0 Å². The molecule has 0 aliphatic rings. The highest BCUT2D eigenvalue weighted by molar-refractivity contribution is 5.69. The average Bonchev–Trinajstić information content (AvgIpc) is 2.83. The molecule has 0 saturated heterocycles. The quantitative estimate of drug-likeness (QED) is 0.288. The lowest BCUT2D eigenvalue weighted by molar-refractivity contribution is -0.139. The van der Waals surface area contributed by atoms with Crippen LogP contribution < -0.4 is 14.8 Å². The van der Waals surface area contributed by atoms with E-state index in [1.165, 1.54) is 0 Å². The van der Waals surface area contributed by atoms with Crippen molar-refractivity contribution in [3.8, 4) is 22.9 Å². The van der Waals surface area contributed by atoms with Crippen LogP contribution in [0.1, 0.15) is 32.1 Å². The first-order valence-corrected chi connectivity index (χ1v) is 11.0. The first-order valence-electron chi connectivity index (χ1n) is 11.0. The maximum Gasteiger partial charge on any atom is 0.341 e. The fourth-order valence-electron chi connectivity index (χ4n) is 3.13. The third kappa shape index (κ3) is 8.42. The van der Waals surface area contributed by atoms with Crippen LogP contribution in [0.2, 0.25) is 0 Å². The number of carboxylic acids is 2. The topological polar surface area (TPSA) is 131 Å². The standard InChI is InChI=1S/C25H27N3O6/c29-23(30)10-6-1-2-7-15-33-20-13-11-19(12-14-20)26-25-27-21(18-8-4-3-5-9-18)16-22(28-25)34-17-24(31)32/h3-5,8-9,11-14,16H,1-2,6-7,10,15,17H2,(H,29,30)(H,31,32)(H,26,27,28). The van der Waals surface area contributed by atoms with Crippen molar-refractivity contribution in [2.75, 3.05) is 18.5 Å². The molecule has 2 aromatic carbocycles. The van der Waals surface area contributed by atoms with E-state index in [0.717, 1.165) is 36.3 Å². The van der Waals surface area contributed by atoms with Gasteiger partial charge in [0.25, 0.3) is 0 Å². The zero-order chi connectivity index (χ0) is 24.2. The molecule has 0 aliphatic carbocycles. The molecule has 0 fully saturated rings. The minimum Gasteiger partial charge on any atom is -0.494 e. The number of aliphatic carboxylic acids is 2. The fraction of sp³-hybridized carbons (Fsp3) is 0.280. The van der Waals surface area contributed by atoms with E-state index in [1.807, 2.05) is 54.6 Å². The van der Waals surface area contributed by atoms with Crippen LogP contribution in [0.15, 0.2) is 60.7 Å². The van der Waals surface area contributed by atoms with Crippen LogP contribution in [-0.4, -0.2) is 45.3 Å². The summed E-state index contributed by atoms with van der Waals surface area (Å²) in [5, 5.41) is 20.7. The van der Waals surface area contributed by atoms with Gasteiger partial charge in [-0.15, -0.1) is 0 Å². The molecule has 9 heteroatoms. The van der Waals surface area contributed by atoms with Crippen LogP contribution in [0.25, 0.3) is 11.3 Å². The van der Waals surface area contributed by atoms with Crippen molar-refractivity contribution in [3.63, 3.8) is 0 Å². The first-order chi connectivity index (χ1) is 16.5. The minimum atomic E-state index is -1.09. The molecule has 1 aromatic heterocycles. The monoisotopic (exact) mass is 465 g/mol. The zero-order valence-corrected chi connectivity index (χ0v) is 18.6. The van der Waals surface area contributed by atoms with Crippen molar-refractivity contribution in [1.82, 2.24) is 9.97 Å². The van der Waals surface area contributed by atoms with Crippen molar-refractivity contribution in [2.45, 2.75) is 32.1 Å². The van der Waals surface area contributed by atoms with E-state index in [2.05, 4.69) is 15.3 Å². The number of unbranched alkanes of at least 4 members (excludes halogenated alkanes) is 3. The molecule has 9 nitrogen and oxygen atoms in total. The van der Waals surface area contributed by atoms with Gasteiger partial charge in [0.1, 0.15) is 5.75 Å². The second-order valence-electron chi connectivity index (χ2n) is 7.52. The van der Waals surface area contributed by atoms with Crippen LogP contribution in [0.5, 0.6) is 11.6 Å². The van der Waals surface area contributed by atoms with Gasteiger partial charge in [-0.05, 0) is 37.1 Å². The summed E-state index contributed by atoms with van der Waals surface area (Å²) in [6.45, 7) is 0.0582. The van der Waals surface area contributed by atoms with Gasteiger partial charge in [-0.1, -0.05) is 43.2 Å². The summed E-state index contributed by atoms with van der Waals surface area (Å²) >= 11 is 0. The number of hydrogen-bond donors (Lipinski definition) is 3. The smallest absolute Gasteiger partial charge is 0.341 e. The second-order valence-corrected chi connectivity index (χ2v) is 7.52. The number of carbonyl (C=O) groups is 2. The average molecular weight is 466 g/mol. The lowest BCUT2D eigenvalue weighted by Gasteiger charge is -2.11. The second kappa shape index (κ2) is 12.8. The summed E-state index contributed by atoms with van der Waals surface area (Å²) in [6, 6.07) is 18.4. The van der Waals surface area contributed by atoms with Gasteiger partial charge < -0.3 is 25.0 Å². The summed E-state index contributed by atoms with van der Waals surface area (Å²) in [7, 11) is 0. The lowest BCUT2D eigenvalue weighted by atomic mass is 10.1. The van der Waals surface area contributed by atoms with Crippen molar-refractivity contribution in [3.05, 3.63) is 60.7 Å². The SMILES string of the molecule is O=C(O)CCCCCCOc1ccc(Nc2nc(OCC(=O)O)cc(-c3ccccc3)n2)cc1. The molecule has 0 atom stereocenters. The number of anilines is 2. The van der Waals surface area contributed by atoms with Crippen LogP contribution in [0.4, 0.5) is 11.6 Å². The van der Waals surface area contributed by atoms with E-state index in [-0.39, 0.29) is 18.2 Å². The van der Waals surface area contributed by atoms with Crippen molar-refractivity contribution in [1.29, 1.82) is 0 Å². The Bertz CT molecular complexity index is 1070. The van der Waals surface area contributed by atoms with Crippen LogP contribution in [0.3, 0.4) is 0 Å². The Morgan fingerprint density at radius 1 is 0.824 bits per heavy atom. The van der Waals surface area contributed by atoms with E-state index in [4.69, 9.17) is 19.7 Å². The Hall–Kier alpha value is -4.14. The lowest BCUT2D eigenvalue weighted by Crippen LogP contribution is -2.11. The van der Waals surface area contributed by atoms with Crippen LogP contribution >= 0.6 is 0 Å². The maximum absolute atomic E-state index is 10.9.